The summed E-state index contributed by atoms with van der Waals surface area (Å²) >= 11 is 0. The third-order valence-electron chi connectivity index (χ3n) is 2.21. The first kappa shape index (κ1) is 11.7. The predicted octanol–water partition coefficient (Wildman–Crippen LogP) is 1.56. The highest BCUT2D eigenvalue weighted by Crippen LogP contribution is 2.07. The standard InChI is InChI=1S/C11H14FNO2/c12-9-6-4-8(5-7-9)2-1-3-10(13)11(14)15/h4-7,10H,1-3,13H2,(H,14,15)/t10-/m1/s1. The van der Waals surface area contributed by atoms with Crippen molar-refractivity contribution >= 4 is 5.97 Å². The van der Waals surface area contributed by atoms with Gasteiger partial charge in [-0.1, -0.05) is 12.1 Å². The van der Waals surface area contributed by atoms with Gasteiger partial charge in [0.1, 0.15) is 11.9 Å². The zero-order valence-corrected chi connectivity index (χ0v) is 8.32. The van der Waals surface area contributed by atoms with Gasteiger partial charge in [0.15, 0.2) is 0 Å². The molecule has 0 bridgehead atoms. The molecule has 1 rings (SSSR count). The fraction of sp³-hybridized carbons (Fsp3) is 0.364. The smallest absolute Gasteiger partial charge is 0.320 e. The maximum atomic E-state index is 12.5. The molecule has 0 aliphatic carbocycles. The summed E-state index contributed by atoms with van der Waals surface area (Å²) in [6.07, 6.45) is 1.85. The van der Waals surface area contributed by atoms with Crippen molar-refractivity contribution in [1.82, 2.24) is 0 Å². The van der Waals surface area contributed by atoms with E-state index < -0.39 is 12.0 Å². The van der Waals surface area contributed by atoms with Crippen molar-refractivity contribution in [1.29, 1.82) is 0 Å². The SMILES string of the molecule is N[C@H](CCCc1ccc(F)cc1)C(=O)O. The van der Waals surface area contributed by atoms with Crippen LogP contribution < -0.4 is 5.73 Å². The molecule has 1 atom stereocenters. The molecule has 0 heterocycles. The van der Waals surface area contributed by atoms with Gasteiger partial charge in [-0.2, -0.15) is 0 Å². The summed E-state index contributed by atoms with van der Waals surface area (Å²) in [4.78, 5) is 10.4. The molecule has 0 spiro atoms. The summed E-state index contributed by atoms with van der Waals surface area (Å²) in [5, 5.41) is 8.54. The molecule has 82 valence electrons. The molecule has 0 aliphatic rings. The Morgan fingerprint density at radius 3 is 2.53 bits per heavy atom. The van der Waals surface area contributed by atoms with Crippen LogP contribution in [0.5, 0.6) is 0 Å². The van der Waals surface area contributed by atoms with Crippen LogP contribution in [0.2, 0.25) is 0 Å². The minimum absolute atomic E-state index is 0.263. The normalized spacial score (nSPS) is 12.4. The van der Waals surface area contributed by atoms with Gasteiger partial charge in [-0.05, 0) is 37.0 Å². The second-order valence-corrected chi connectivity index (χ2v) is 3.46. The maximum absolute atomic E-state index is 12.5. The Kier molecular flexibility index (Phi) is 4.24. The highest BCUT2D eigenvalue weighted by molar-refractivity contribution is 5.72. The Balaban J connectivity index is 2.32. The number of rotatable bonds is 5. The van der Waals surface area contributed by atoms with Crippen molar-refractivity contribution in [3.8, 4) is 0 Å². The maximum Gasteiger partial charge on any atom is 0.320 e. The van der Waals surface area contributed by atoms with Gasteiger partial charge in [-0.25, -0.2) is 4.39 Å². The number of carbonyl (C=O) groups is 1. The van der Waals surface area contributed by atoms with Gasteiger partial charge in [0.05, 0.1) is 0 Å². The topological polar surface area (TPSA) is 63.3 Å². The monoisotopic (exact) mass is 211 g/mol. The predicted molar refractivity (Wildman–Crippen MR) is 54.9 cm³/mol. The van der Waals surface area contributed by atoms with Gasteiger partial charge in [-0.15, -0.1) is 0 Å². The van der Waals surface area contributed by atoms with Crippen LogP contribution in [-0.2, 0) is 11.2 Å². The Labute approximate surface area is 87.7 Å². The Bertz CT molecular complexity index is 324. The number of aryl methyl sites for hydroxylation is 1. The molecule has 4 heteroatoms. The Morgan fingerprint density at radius 1 is 1.40 bits per heavy atom. The van der Waals surface area contributed by atoms with Gasteiger partial charge >= 0.3 is 5.97 Å². The summed E-state index contributed by atoms with van der Waals surface area (Å²) in [6.45, 7) is 0. The molecule has 1 aromatic carbocycles. The molecule has 0 saturated heterocycles. The number of carboxylic acids is 1. The number of benzene rings is 1. The second-order valence-electron chi connectivity index (χ2n) is 3.46. The minimum Gasteiger partial charge on any atom is -0.480 e. The lowest BCUT2D eigenvalue weighted by Gasteiger charge is -2.05. The summed E-state index contributed by atoms with van der Waals surface area (Å²) < 4.78 is 12.5. The second kappa shape index (κ2) is 5.46. The van der Waals surface area contributed by atoms with E-state index in [0.29, 0.717) is 12.8 Å². The average Bonchev–Trinajstić information content (AvgIpc) is 2.20. The molecule has 1 aromatic rings. The lowest BCUT2D eigenvalue weighted by atomic mass is 10.1. The third kappa shape index (κ3) is 4.08. The van der Waals surface area contributed by atoms with E-state index in [1.165, 1.54) is 12.1 Å². The molecule has 3 N–H and O–H groups in total. The summed E-state index contributed by atoms with van der Waals surface area (Å²) in [6, 6.07) is 5.38. The fourth-order valence-corrected chi connectivity index (χ4v) is 1.30. The molecule has 0 fully saturated rings. The van der Waals surface area contributed by atoms with E-state index in [2.05, 4.69) is 0 Å². The lowest BCUT2D eigenvalue weighted by Crippen LogP contribution is -2.29. The lowest BCUT2D eigenvalue weighted by molar-refractivity contribution is -0.138. The number of halogens is 1. The van der Waals surface area contributed by atoms with Crippen LogP contribution in [0, 0.1) is 5.82 Å². The van der Waals surface area contributed by atoms with Gasteiger partial charge < -0.3 is 10.8 Å². The molecule has 0 unspecified atom stereocenters. The summed E-state index contributed by atoms with van der Waals surface area (Å²) in [5.74, 6) is -1.24. The number of hydrogen-bond acceptors (Lipinski definition) is 2. The highest BCUT2D eigenvalue weighted by Gasteiger charge is 2.10. The first-order valence-electron chi connectivity index (χ1n) is 4.82. The number of hydrogen-bond donors (Lipinski definition) is 2. The first-order chi connectivity index (χ1) is 7.09. The van der Waals surface area contributed by atoms with E-state index in [-0.39, 0.29) is 5.82 Å². The Hall–Kier alpha value is -1.42. The zero-order chi connectivity index (χ0) is 11.3. The number of carboxylic acid groups (broad SMARTS) is 1. The van der Waals surface area contributed by atoms with Crippen LogP contribution in [-0.4, -0.2) is 17.1 Å². The van der Waals surface area contributed by atoms with Crippen molar-refractivity contribution in [2.24, 2.45) is 5.73 Å². The molecule has 3 nitrogen and oxygen atoms in total. The van der Waals surface area contributed by atoms with E-state index >= 15 is 0 Å². The van der Waals surface area contributed by atoms with Gasteiger partial charge in [-0.3, -0.25) is 4.79 Å². The van der Waals surface area contributed by atoms with Crippen LogP contribution >= 0.6 is 0 Å². The molecule has 0 aliphatic heterocycles. The first-order valence-corrected chi connectivity index (χ1v) is 4.82. The summed E-state index contributed by atoms with van der Waals surface area (Å²) in [5.41, 5.74) is 6.34. The molecule has 0 radical (unpaired) electrons. The van der Waals surface area contributed by atoms with Crippen molar-refractivity contribution in [2.45, 2.75) is 25.3 Å². The van der Waals surface area contributed by atoms with Crippen molar-refractivity contribution in [3.05, 3.63) is 35.6 Å². The zero-order valence-electron chi connectivity index (χ0n) is 8.32. The molecular formula is C11H14FNO2. The Morgan fingerprint density at radius 2 is 2.00 bits per heavy atom. The van der Waals surface area contributed by atoms with E-state index in [1.807, 2.05) is 0 Å². The molecule has 0 amide bonds. The fourth-order valence-electron chi connectivity index (χ4n) is 1.30. The van der Waals surface area contributed by atoms with Crippen LogP contribution in [0.15, 0.2) is 24.3 Å². The molecule has 15 heavy (non-hydrogen) atoms. The minimum atomic E-state index is -0.978. The van der Waals surface area contributed by atoms with Crippen LogP contribution in [0.3, 0.4) is 0 Å². The average molecular weight is 211 g/mol. The van der Waals surface area contributed by atoms with E-state index in [9.17, 15) is 9.18 Å². The van der Waals surface area contributed by atoms with Crippen LogP contribution in [0.25, 0.3) is 0 Å². The van der Waals surface area contributed by atoms with Gasteiger partial charge in [0.25, 0.3) is 0 Å². The van der Waals surface area contributed by atoms with Gasteiger partial charge in [0.2, 0.25) is 0 Å². The van der Waals surface area contributed by atoms with Crippen molar-refractivity contribution in [3.63, 3.8) is 0 Å². The molecule has 0 aromatic heterocycles. The van der Waals surface area contributed by atoms with E-state index in [0.717, 1.165) is 12.0 Å². The summed E-state index contributed by atoms with van der Waals surface area (Å²) in [7, 11) is 0. The van der Waals surface area contributed by atoms with E-state index in [1.54, 1.807) is 12.1 Å². The van der Waals surface area contributed by atoms with Crippen molar-refractivity contribution in [2.75, 3.05) is 0 Å². The third-order valence-corrected chi connectivity index (χ3v) is 2.21. The highest BCUT2D eigenvalue weighted by atomic mass is 19.1. The molecular weight excluding hydrogens is 197 g/mol. The number of aliphatic carboxylic acids is 1. The van der Waals surface area contributed by atoms with Crippen molar-refractivity contribution < 1.29 is 14.3 Å². The number of nitrogens with two attached hydrogens (primary N) is 1. The van der Waals surface area contributed by atoms with Crippen LogP contribution in [0.1, 0.15) is 18.4 Å². The van der Waals surface area contributed by atoms with E-state index in [4.69, 9.17) is 10.8 Å². The molecule has 0 saturated carbocycles. The quantitative estimate of drug-likeness (QED) is 0.776. The van der Waals surface area contributed by atoms with Crippen LogP contribution in [0.4, 0.5) is 4.39 Å². The largest absolute Gasteiger partial charge is 0.480 e. The van der Waals surface area contributed by atoms with Gasteiger partial charge in [0, 0.05) is 0 Å².